The Labute approximate surface area is 559 Å². The number of benzene rings is 4. The Bertz CT molecular complexity index is 4230. The van der Waals surface area contributed by atoms with Gasteiger partial charge in [0, 0.05) is 47.9 Å². The summed E-state index contributed by atoms with van der Waals surface area (Å²) in [6.07, 6.45) is 16.4. The summed E-state index contributed by atoms with van der Waals surface area (Å²) in [4.78, 5) is 85.6. The zero-order valence-corrected chi connectivity index (χ0v) is 56.5. The number of anilines is 4. The Morgan fingerprint density at radius 3 is 1.06 bits per heavy atom. The minimum atomic E-state index is -0.226. The number of nitrogens with one attached hydrogen (secondary N) is 4. The van der Waals surface area contributed by atoms with Gasteiger partial charge >= 0.3 is 0 Å². The average molecular weight is 1310 g/mol. The van der Waals surface area contributed by atoms with Crippen LogP contribution in [0.2, 0.25) is 0 Å². The van der Waals surface area contributed by atoms with Crippen LogP contribution in [-0.4, -0.2) is 63.5 Å². The zero-order valence-electron chi connectivity index (χ0n) is 56.5. The molecular weight excluding hydrogens is 1220 g/mol. The second-order valence-corrected chi connectivity index (χ2v) is 25.8. The van der Waals surface area contributed by atoms with Gasteiger partial charge in [0.05, 0.1) is 68.3 Å². The minimum Gasteiger partial charge on any atom is -0.309 e. The topological polar surface area (TPSA) is 220 Å². The number of fused-ring (bicyclic) bond motifs is 12. The lowest BCUT2D eigenvalue weighted by molar-refractivity contribution is -0.119. The van der Waals surface area contributed by atoms with Gasteiger partial charge in [-0.3, -0.25) is 19.2 Å². The zero-order chi connectivity index (χ0) is 68.3. The lowest BCUT2D eigenvalue weighted by Crippen LogP contribution is -2.23. The number of carbonyl (C=O) groups is 4. The first-order valence-corrected chi connectivity index (χ1v) is 34.1. The highest BCUT2D eigenvalue weighted by atomic mass is 19.1. The average Bonchev–Trinajstić information content (AvgIpc) is 0.803. The highest BCUT2D eigenvalue weighted by molar-refractivity contribution is 5.93. The maximum atomic E-state index is 13.5. The van der Waals surface area contributed by atoms with Crippen LogP contribution in [-0.2, 0) is 96.2 Å². The Hall–Kier alpha value is -9.20. The van der Waals surface area contributed by atoms with E-state index in [0.717, 1.165) is 158 Å². The molecule has 16 nitrogen and oxygen atoms in total. The van der Waals surface area contributed by atoms with E-state index in [1.165, 1.54) is 50.5 Å². The van der Waals surface area contributed by atoms with E-state index in [9.17, 15) is 36.7 Å². The fraction of sp³-hybridized carbons (Fsp3) is 0.421. The molecule has 0 radical (unpaired) electrons. The summed E-state index contributed by atoms with van der Waals surface area (Å²) >= 11 is 0. The molecule has 1 unspecified atom stereocenters. The molecule has 4 heterocycles. The molecule has 1 saturated carbocycles. The van der Waals surface area contributed by atoms with Crippen molar-refractivity contribution in [2.45, 2.75) is 191 Å². The number of rotatable bonds is 14. The van der Waals surface area contributed by atoms with Crippen molar-refractivity contribution in [1.29, 1.82) is 0 Å². The molecule has 4 amide bonds. The SMILES string of the molecule is CCc1nc2c(nc1NC(=O)C(C)CC)CCc1cc(F)ccc1-2.CCc1nc2c(nc1NC(=O)CC(C)C)CCc1cc(F)ccc1-2.CCc1nc2c(nc1NC(=O)CC1CCCCC1)CCc1cc(F)ccc1-2.CCc1nc2c(nc1NC(C)=O)CCc1cc(F)ccc1-2. The molecule has 0 saturated heterocycles. The van der Waals surface area contributed by atoms with Crippen molar-refractivity contribution in [3.8, 4) is 45.0 Å². The molecule has 96 heavy (non-hydrogen) atoms. The first-order valence-electron chi connectivity index (χ1n) is 34.1. The Kier molecular flexibility index (Phi) is 22.9. The van der Waals surface area contributed by atoms with Crippen molar-refractivity contribution < 1.29 is 36.7 Å². The Balaban J connectivity index is 0.000000140. The summed E-state index contributed by atoms with van der Waals surface area (Å²) in [7, 11) is 0. The lowest BCUT2D eigenvalue weighted by Gasteiger charge is -2.22. The van der Waals surface area contributed by atoms with Crippen molar-refractivity contribution in [3.05, 3.63) is 164 Å². The van der Waals surface area contributed by atoms with Gasteiger partial charge in [-0.05, 0) is 203 Å². The van der Waals surface area contributed by atoms with E-state index in [-0.39, 0.29) is 52.8 Å². The highest BCUT2D eigenvalue weighted by Gasteiger charge is 2.28. The van der Waals surface area contributed by atoms with Gasteiger partial charge in [-0.1, -0.05) is 74.7 Å². The van der Waals surface area contributed by atoms with Gasteiger partial charge in [0.15, 0.2) is 23.3 Å². The van der Waals surface area contributed by atoms with E-state index >= 15 is 0 Å². The van der Waals surface area contributed by atoms with Crippen LogP contribution in [0.25, 0.3) is 45.0 Å². The van der Waals surface area contributed by atoms with Crippen LogP contribution in [0.5, 0.6) is 0 Å². The lowest BCUT2D eigenvalue weighted by atomic mass is 9.87. The molecule has 502 valence electrons. The third-order valence-electron chi connectivity index (χ3n) is 18.2. The highest BCUT2D eigenvalue weighted by Crippen LogP contribution is 2.38. The van der Waals surface area contributed by atoms with Crippen molar-refractivity contribution in [2.75, 3.05) is 21.3 Å². The molecule has 5 aliphatic rings. The molecule has 13 rings (SSSR count). The van der Waals surface area contributed by atoms with E-state index in [2.05, 4.69) is 41.2 Å². The molecule has 8 aromatic rings. The standard InChI is InChI=1S/C22H26FN3O.2C19H22FN3O.C16H16FN3O/c1-2-18-22(26-20(27)12-14-6-4-3-5-7-14)25-19-11-8-15-13-16(23)9-10-17(15)21(19)24-18;1-4-15-19(23-17(24)9-11(2)3)22-16-8-5-12-10-13(20)6-7-14(12)18(16)21-15;1-4-11(3)19(24)23-18-15(5-2)21-17-14-8-7-13(20)10-12(14)6-9-16(17)22-18;1-3-13-16(18-9(2)21)20-14-7-4-10-8-11(17)5-6-12(10)15(14)19-13/h9-10,13-14H,2-8,11-12H2,1H3,(H,25,26,27);6-7,10-11H,4-5,8-9H2,1-3H3,(H,22,23,24);7-8,10-11H,4-6,9H2,1-3H3,(H,22,23,24);5-6,8H,3-4,7H2,1-2H3,(H,18,20,21). The molecule has 0 aliphatic heterocycles. The van der Waals surface area contributed by atoms with E-state index in [1.54, 1.807) is 48.5 Å². The summed E-state index contributed by atoms with van der Waals surface area (Å²) in [5.74, 6) is 1.93. The molecule has 1 fully saturated rings. The number of nitrogens with zero attached hydrogens (tertiary/aromatic N) is 8. The van der Waals surface area contributed by atoms with Gasteiger partial charge in [-0.15, -0.1) is 0 Å². The fourth-order valence-corrected chi connectivity index (χ4v) is 13.0. The van der Waals surface area contributed by atoms with Crippen molar-refractivity contribution >= 4 is 46.9 Å². The monoisotopic (exact) mass is 1310 g/mol. The fourth-order valence-electron chi connectivity index (χ4n) is 13.0. The summed E-state index contributed by atoms with van der Waals surface area (Å²) in [5, 5.41) is 11.6. The number of hydrogen-bond donors (Lipinski definition) is 4. The van der Waals surface area contributed by atoms with Gasteiger partial charge in [-0.2, -0.15) is 0 Å². The maximum Gasteiger partial charge on any atom is 0.228 e. The van der Waals surface area contributed by atoms with Gasteiger partial charge < -0.3 is 21.3 Å². The molecule has 5 aliphatic carbocycles. The number of amides is 4. The third kappa shape index (κ3) is 16.7. The van der Waals surface area contributed by atoms with Crippen molar-refractivity contribution in [1.82, 2.24) is 39.9 Å². The summed E-state index contributed by atoms with van der Waals surface area (Å²) in [5.41, 5.74) is 17.5. The first-order chi connectivity index (χ1) is 46.2. The van der Waals surface area contributed by atoms with Crippen molar-refractivity contribution in [3.63, 3.8) is 0 Å². The molecule has 0 bridgehead atoms. The minimum absolute atomic E-state index is 0.0280. The predicted octanol–water partition coefficient (Wildman–Crippen LogP) is 15.6. The molecule has 4 aromatic carbocycles. The Morgan fingerprint density at radius 2 is 0.750 bits per heavy atom. The number of aromatic nitrogens is 8. The van der Waals surface area contributed by atoms with E-state index in [0.29, 0.717) is 99.3 Å². The predicted molar refractivity (Wildman–Crippen MR) is 367 cm³/mol. The smallest absolute Gasteiger partial charge is 0.228 e. The van der Waals surface area contributed by atoms with Crippen LogP contribution in [0.15, 0.2) is 72.8 Å². The second kappa shape index (κ2) is 31.6. The van der Waals surface area contributed by atoms with Crippen molar-refractivity contribution in [2.24, 2.45) is 17.8 Å². The third-order valence-corrected chi connectivity index (χ3v) is 18.2. The maximum absolute atomic E-state index is 13.5. The van der Waals surface area contributed by atoms with Crippen LogP contribution in [0.1, 0.15) is 181 Å². The van der Waals surface area contributed by atoms with Crippen LogP contribution in [0.3, 0.4) is 0 Å². The largest absolute Gasteiger partial charge is 0.309 e. The summed E-state index contributed by atoms with van der Waals surface area (Å²) in [6, 6.07) is 19.2. The Morgan fingerprint density at radius 1 is 0.427 bits per heavy atom. The number of hydrogen-bond acceptors (Lipinski definition) is 12. The molecule has 1 atom stereocenters. The van der Waals surface area contributed by atoms with Gasteiger partial charge in [0.25, 0.3) is 0 Å². The summed E-state index contributed by atoms with van der Waals surface area (Å²) in [6.45, 7) is 17.3. The van der Waals surface area contributed by atoms with Gasteiger partial charge in [-0.25, -0.2) is 57.4 Å². The van der Waals surface area contributed by atoms with Crippen LogP contribution >= 0.6 is 0 Å². The van der Waals surface area contributed by atoms with Gasteiger partial charge in [0.2, 0.25) is 23.6 Å². The quantitative estimate of drug-likeness (QED) is 0.0747. The first kappa shape index (κ1) is 69.6. The molecule has 4 N–H and O–H groups in total. The number of carbonyl (C=O) groups excluding carboxylic acids is 4. The normalized spacial score (nSPS) is 14.0. The second-order valence-electron chi connectivity index (χ2n) is 25.8. The van der Waals surface area contributed by atoms with Crippen LogP contribution < -0.4 is 21.3 Å². The number of halogens is 4. The van der Waals surface area contributed by atoms with Crippen LogP contribution in [0.4, 0.5) is 40.8 Å². The van der Waals surface area contributed by atoms with E-state index in [4.69, 9.17) is 19.9 Å². The molecule has 4 aromatic heterocycles. The van der Waals surface area contributed by atoms with E-state index in [1.807, 2.05) is 55.4 Å². The summed E-state index contributed by atoms with van der Waals surface area (Å²) < 4.78 is 53.8. The molecule has 0 spiro atoms. The van der Waals surface area contributed by atoms with Crippen LogP contribution in [0, 0.1) is 41.0 Å². The van der Waals surface area contributed by atoms with E-state index < -0.39 is 0 Å². The molecule has 20 heteroatoms. The van der Waals surface area contributed by atoms with Gasteiger partial charge in [0.1, 0.15) is 23.3 Å². The number of aryl methyl sites for hydroxylation is 12. The molecular formula is C76H86F4N12O4.